The third kappa shape index (κ3) is 15.0. The van der Waals surface area contributed by atoms with Crippen molar-refractivity contribution >= 4 is 41.5 Å². The molecule has 0 saturated heterocycles. The van der Waals surface area contributed by atoms with Crippen LogP contribution in [0, 0.1) is 11.8 Å². The lowest BCUT2D eigenvalue weighted by molar-refractivity contribution is -0.144. The van der Waals surface area contributed by atoms with E-state index >= 15 is 0 Å². The lowest BCUT2D eigenvalue weighted by Crippen LogP contribution is -2.62. The Bertz CT molecular complexity index is 1620. The summed E-state index contributed by atoms with van der Waals surface area (Å²) < 4.78 is 0. The Labute approximate surface area is 319 Å². The van der Waals surface area contributed by atoms with Gasteiger partial charge in [0.1, 0.15) is 36.0 Å². The molecule has 0 saturated carbocycles. The number of amides is 5. The first-order valence-corrected chi connectivity index (χ1v) is 18.1. The van der Waals surface area contributed by atoms with Gasteiger partial charge >= 0.3 is 11.9 Å². The Morgan fingerprint density at radius 3 is 1.67 bits per heavy atom. The van der Waals surface area contributed by atoms with Gasteiger partial charge in [-0.15, -0.1) is 0 Å². The molecule has 0 fully saturated rings. The second-order valence-electron chi connectivity index (χ2n) is 13.9. The Morgan fingerprint density at radius 1 is 0.636 bits per heavy atom. The summed E-state index contributed by atoms with van der Waals surface area (Å²) >= 11 is 0. The number of carbonyl (C=O) groups excluding carboxylic acids is 5. The lowest BCUT2D eigenvalue weighted by Gasteiger charge is -2.30. The van der Waals surface area contributed by atoms with Crippen molar-refractivity contribution in [3.05, 3.63) is 65.7 Å². The third-order valence-corrected chi connectivity index (χ3v) is 9.01. The van der Waals surface area contributed by atoms with Gasteiger partial charge in [0.2, 0.25) is 29.5 Å². The summed E-state index contributed by atoms with van der Waals surface area (Å²) in [5, 5.41) is 51.4. The molecule has 0 spiro atoms. The topological polar surface area (TPSA) is 287 Å². The molecule has 0 bridgehead atoms. The number of rotatable bonds is 22. The lowest BCUT2D eigenvalue weighted by atomic mass is 9.96. The van der Waals surface area contributed by atoms with Crippen molar-refractivity contribution in [3.63, 3.8) is 0 Å². The van der Waals surface area contributed by atoms with Gasteiger partial charge in [-0.25, -0.2) is 4.79 Å². The Kier molecular flexibility index (Phi) is 18.2. The standard InChI is InChI=1S/C38H54N6O11/c1-6-21(4)31(36(52)40-27(38(54)55)16-17-29(47)48)43-37(53)32(22(5)45)44-34(50)28(19-24-12-14-25(46)15-13-24)41-35(51)30(20(2)3)42-33(49)26(39)18-23-10-8-7-9-11-23/h7-15,20-22,26-28,30-32,45-46H,6,16-19,39H2,1-5H3,(H,40,52)(H,41,51)(H,42,49)(H,43,53)(H,44,50)(H,47,48)(H,54,55). The van der Waals surface area contributed by atoms with Crippen LogP contribution in [0.5, 0.6) is 5.75 Å². The number of phenols is 1. The molecule has 0 aliphatic rings. The molecule has 0 aromatic heterocycles. The highest BCUT2D eigenvalue weighted by molar-refractivity contribution is 5.97. The molecule has 5 amide bonds. The minimum Gasteiger partial charge on any atom is -0.508 e. The van der Waals surface area contributed by atoms with E-state index in [2.05, 4.69) is 26.6 Å². The molecule has 55 heavy (non-hydrogen) atoms. The second kappa shape index (κ2) is 22.0. The Hall–Kier alpha value is -5.55. The SMILES string of the molecule is CCC(C)C(NC(=O)C(NC(=O)C(Cc1ccc(O)cc1)NC(=O)C(NC(=O)C(N)Cc1ccccc1)C(C)C)C(C)O)C(=O)NC(CCC(=O)O)C(=O)O. The maximum absolute atomic E-state index is 13.9. The van der Waals surface area contributed by atoms with E-state index in [9.17, 15) is 48.9 Å². The number of hydrogen-bond acceptors (Lipinski definition) is 10. The summed E-state index contributed by atoms with van der Waals surface area (Å²) in [7, 11) is 0. The van der Waals surface area contributed by atoms with Crippen LogP contribution in [-0.4, -0.2) is 104 Å². The molecule has 17 heteroatoms. The fourth-order valence-corrected chi connectivity index (χ4v) is 5.49. The molecular formula is C38H54N6O11. The zero-order valence-corrected chi connectivity index (χ0v) is 31.7. The molecule has 0 radical (unpaired) electrons. The third-order valence-electron chi connectivity index (χ3n) is 9.01. The summed E-state index contributed by atoms with van der Waals surface area (Å²) in [4.78, 5) is 90.3. The van der Waals surface area contributed by atoms with Crippen molar-refractivity contribution in [1.82, 2.24) is 26.6 Å². The zero-order chi connectivity index (χ0) is 41.4. The van der Waals surface area contributed by atoms with E-state index < -0.39 is 109 Å². The molecule has 2 rings (SSSR count). The van der Waals surface area contributed by atoms with Crippen LogP contribution < -0.4 is 32.3 Å². The minimum atomic E-state index is -1.68. The number of aliphatic hydroxyl groups is 1. The van der Waals surface area contributed by atoms with Crippen LogP contribution in [0.25, 0.3) is 0 Å². The summed E-state index contributed by atoms with van der Waals surface area (Å²) in [6.45, 7) is 7.90. The van der Waals surface area contributed by atoms with Gasteiger partial charge in [-0.05, 0) is 54.9 Å². The number of carboxylic acid groups (broad SMARTS) is 2. The first-order valence-electron chi connectivity index (χ1n) is 18.1. The number of carboxylic acids is 2. The van der Waals surface area contributed by atoms with Gasteiger partial charge in [-0.3, -0.25) is 28.8 Å². The predicted octanol–water partition coefficient (Wildman–Crippen LogP) is -0.0390. The Balaban J connectivity index is 2.32. The highest BCUT2D eigenvalue weighted by atomic mass is 16.4. The molecule has 2 aromatic carbocycles. The van der Waals surface area contributed by atoms with Crippen LogP contribution >= 0.6 is 0 Å². The first kappa shape index (κ1) is 45.6. The summed E-state index contributed by atoms with van der Waals surface area (Å²) in [5.41, 5.74) is 7.46. The van der Waals surface area contributed by atoms with E-state index in [0.29, 0.717) is 12.0 Å². The van der Waals surface area contributed by atoms with E-state index in [0.717, 1.165) is 5.56 Å². The molecular weight excluding hydrogens is 716 g/mol. The zero-order valence-electron chi connectivity index (χ0n) is 31.7. The fraction of sp³-hybridized carbons (Fsp3) is 0.500. The monoisotopic (exact) mass is 770 g/mol. The Morgan fingerprint density at radius 2 is 1.15 bits per heavy atom. The van der Waals surface area contributed by atoms with Crippen LogP contribution in [0.2, 0.25) is 0 Å². The number of carbonyl (C=O) groups is 7. The number of nitrogens with two attached hydrogens (primary N) is 1. The second-order valence-corrected chi connectivity index (χ2v) is 13.9. The minimum absolute atomic E-state index is 0.0505. The predicted molar refractivity (Wildman–Crippen MR) is 200 cm³/mol. The van der Waals surface area contributed by atoms with Crippen molar-refractivity contribution < 1.29 is 54.0 Å². The van der Waals surface area contributed by atoms with E-state index in [1.165, 1.54) is 31.2 Å². The smallest absolute Gasteiger partial charge is 0.326 e. The molecule has 8 unspecified atom stereocenters. The van der Waals surface area contributed by atoms with Crippen molar-refractivity contribution in [2.24, 2.45) is 17.6 Å². The molecule has 0 aliphatic carbocycles. The van der Waals surface area contributed by atoms with Crippen molar-refractivity contribution in [1.29, 1.82) is 0 Å². The van der Waals surface area contributed by atoms with E-state index in [-0.39, 0.29) is 18.6 Å². The quantitative estimate of drug-likeness (QED) is 0.0755. The van der Waals surface area contributed by atoms with E-state index in [1.54, 1.807) is 39.8 Å². The van der Waals surface area contributed by atoms with Crippen molar-refractivity contribution in [3.8, 4) is 5.75 Å². The highest BCUT2D eigenvalue weighted by Gasteiger charge is 2.36. The van der Waals surface area contributed by atoms with Gasteiger partial charge in [0.15, 0.2) is 0 Å². The van der Waals surface area contributed by atoms with Gasteiger partial charge in [0.25, 0.3) is 0 Å². The molecule has 11 N–H and O–H groups in total. The van der Waals surface area contributed by atoms with Gasteiger partial charge in [-0.1, -0.05) is 76.6 Å². The number of aliphatic carboxylic acids is 2. The van der Waals surface area contributed by atoms with Crippen LogP contribution in [-0.2, 0) is 46.4 Å². The number of aliphatic hydroxyl groups excluding tert-OH is 1. The van der Waals surface area contributed by atoms with E-state index in [1.807, 2.05) is 18.2 Å². The average molecular weight is 771 g/mol. The summed E-state index contributed by atoms with van der Waals surface area (Å²) in [6.07, 6.45) is -2.10. The normalized spacial score (nSPS) is 15.5. The number of nitrogens with one attached hydrogen (secondary N) is 5. The molecule has 8 atom stereocenters. The van der Waals surface area contributed by atoms with Crippen molar-refractivity contribution in [2.45, 2.75) is 109 Å². The molecule has 2 aromatic rings. The van der Waals surface area contributed by atoms with Crippen LogP contribution in [0.15, 0.2) is 54.6 Å². The number of aromatic hydroxyl groups is 1. The van der Waals surface area contributed by atoms with Gasteiger partial charge in [0, 0.05) is 12.8 Å². The number of hydrogen-bond donors (Lipinski definition) is 10. The molecule has 302 valence electrons. The van der Waals surface area contributed by atoms with Gasteiger partial charge in [0.05, 0.1) is 12.1 Å². The number of benzene rings is 2. The summed E-state index contributed by atoms with van der Waals surface area (Å²) in [6, 6.07) is 6.73. The fourth-order valence-electron chi connectivity index (χ4n) is 5.49. The summed E-state index contributed by atoms with van der Waals surface area (Å²) in [5.74, 6) is -8.01. The van der Waals surface area contributed by atoms with E-state index in [4.69, 9.17) is 10.8 Å². The van der Waals surface area contributed by atoms with Crippen LogP contribution in [0.1, 0.15) is 65.0 Å². The van der Waals surface area contributed by atoms with Crippen LogP contribution in [0.3, 0.4) is 0 Å². The molecule has 0 heterocycles. The van der Waals surface area contributed by atoms with Crippen LogP contribution in [0.4, 0.5) is 0 Å². The van der Waals surface area contributed by atoms with Gasteiger partial charge < -0.3 is 52.7 Å². The first-order chi connectivity index (χ1) is 25.8. The van der Waals surface area contributed by atoms with Gasteiger partial charge in [-0.2, -0.15) is 0 Å². The largest absolute Gasteiger partial charge is 0.508 e. The van der Waals surface area contributed by atoms with Crippen molar-refractivity contribution in [2.75, 3.05) is 0 Å². The molecule has 0 aliphatic heterocycles. The maximum Gasteiger partial charge on any atom is 0.326 e. The molecule has 17 nitrogen and oxygen atoms in total. The highest BCUT2D eigenvalue weighted by Crippen LogP contribution is 2.14. The average Bonchev–Trinajstić information content (AvgIpc) is 3.13. The maximum atomic E-state index is 13.9. The number of phenolic OH excluding ortho intramolecular Hbond substituents is 1.